The molecule has 2 rings (SSSR count). The summed E-state index contributed by atoms with van der Waals surface area (Å²) in [6.45, 7) is 1.44. The van der Waals surface area contributed by atoms with Gasteiger partial charge in [-0.05, 0) is 42.8 Å². The van der Waals surface area contributed by atoms with Crippen LogP contribution in [0.2, 0.25) is 5.15 Å². The fraction of sp³-hybridized carbons (Fsp3) is 0.158. The molecule has 0 bridgehead atoms. The molecule has 2 aromatic rings. The van der Waals surface area contributed by atoms with Gasteiger partial charge in [0, 0.05) is 12.3 Å². The SMILES string of the molecule is COC(=O)c1ccc(/C=C/C(=O)O[C@H](C)C(=O)Nc2cccnc2Cl)cc1. The van der Waals surface area contributed by atoms with E-state index in [9.17, 15) is 14.4 Å². The molecule has 0 saturated heterocycles. The van der Waals surface area contributed by atoms with Crippen molar-refractivity contribution in [3.8, 4) is 0 Å². The van der Waals surface area contributed by atoms with Crippen LogP contribution in [-0.4, -0.2) is 36.0 Å². The number of benzene rings is 1. The monoisotopic (exact) mass is 388 g/mol. The molecule has 1 N–H and O–H groups in total. The third kappa shape index (κ3) is 5.93. The molecule has 27 heavy (non-hydrogen) atoms. The van der Waals surface area contributed by atoms with Crippen LogP contribution in [0.5, 0.6) is 0 Å². The van der Waals surface area contributed by atoms with Gasteiger partial charge in [-0.1, -0.05) is 23.7 Å². The number of esters is 2. The second kappa shape index (κ2) is 9.49. The predicted octanol–water partition coefficient (Wildman–Crippen LogP) is 3.11. The first-order chi connectivity index (χ1) is 12.9. The third-order valence-corrected chi connectivity index (χ3v) is 3.72. The number of pyridine rings is 1. The summed E-state index contributed by atoms with van der Waals surface area (Å²) in [6, 6.07) is 9.65. The van der Waals surface area contributed by atoms with Crippen molar-refractivity contribution in [3.05, 3.63) is 65.0 Å². The largest absolute Gasteiger partial charge is 0.465 e. The Morgan fingerprint density at radius 3 is 2.52 bits per heavy atom. The lowest BCUT2D eigenvalue weighted by Gasteiger charge is -2.12. The maximum atomic E-state index is 12.1. The average Bonchev–Trinajstić information content (AvgIpc) is 2.67. The number of carbonyl (C=O) groups is 3. The Balaban J connectivity index is 1.90. The van der Waals surface area contributed by atoms with E-state index in [0.717, 1.165) is 0 Å². The summed E-state index contributed by atoms with van der Waals surface area (Å²) in [6.07, 6.45) is 3.16. The van der Waals surface area contributed by atoms with Crippen molar-refractivity contribution in [1.29, 1.82) is 0 Å². The van der Waals surface area contributed by atoms with Crippen molar-refractivity contribution in [1.82, 2.24) is 4.98 Å². The first-order valence-electron chi connectivity index (χ1n) is 7.89. The highest BCUT2D eigenvalue weighted by atomic mass is 35.5. The van der Waals surface area contributed by atoms with Gasteiger partial charge in [0.2, 0.25) is 0 Å². The highest BCUT2D eigenvalue weighted by molar-refractivity contribution is 6.32. The van der Waals surface area contributed by atoms with E-state index in [1.165, 1.54) is 32.4 Å². The quantitative estimate of drug-likeness (QED) is 0.464. The molecule has 0 aliphatic rings. The molecule has 1 aromatic carbocycles. The molecule has 8 heteroatoms. The second-order valence-electron chi connectivity index (χ2n) is 5.36. The molecule has 1 atom stereocenters. The fourth-order valence-corrected chi connectivity index (χ4v) is 2.16. The van der Waals surface area contributed by atoms with Gasteiger partial charge in [-0.3, -0.25) is 4.79 Å². The first-order valence-corrected chi connectivity index (χ1v) is 8.27. The lowest BCUT2D eigenvalue weighted by molar-refractivity contribution is -0.148. The number of rotatable bonds is 6. The molecule has 0 aliphatic heterocycles. The van der Waals surface area contributed by atoms with Gasteiger partial charge in [0.15, 0.2) is 11.3 Å². The van der Waals surface area contributed by atoms with E-state index in [2.05, 4.69) is 15.0 Å². The first kappa shape index (κ1) is 20.1. The molecule has 1 aromatic heterocycles. The number of anilines is 1. The number of amides is 1. The second-order valence-corrected chi connectivity index (χ2v) is 5.72. The van der Waals surface area contributed by atoms with Crippen LogP contribution in [0.3, 0.4) is 0 Å². The molecule has 0 unspecified atom stereocenters. The molecular formula is C19H17ClN2O5. The third-order valence-electron chi connectivity index (χ3n) is 3.42. The molecule has 0 radical (unpaired) electrons. The molecule has 0 fully saturated rings. The van der Waals surface area contributed by atoms with Crippen LogP contribution < -0.4 is 5.32 Å². The number of ether oxygens (including phenoxy) is 2. The number of halogens is 1. The van der Waals surface area contributed by atoms with Crippen LogP contribution in [0, 0.1) is 0 Å². The van der Waals surface area contributed by atoms with Crippen LogP contribution in [0.1, 0.15) is 22.8 Å². The minimum Gasteiger partial charge on any atom is -0.465 e. The van der Waals surface area contributed by atoms with Gasteiger partial charge in [-0.2, -0.15) is 0 Å². The van der Waals surface area contributed by atoms with E-state index in [1.54, 1.807) is 36.4 Å². The van der Waals surface area contributed by atoms with Gasteiger partial charge < -0.3 is 14.8 Å². The van der Waals surface area contributed by atoms with Gasteiger partial charge in [0.25, 0.3) is 5.91 Å². The summed E-state index contributed by atoms with van der Waals surface area (Å²) in [7, 11) is 1.30. The molecule has 140 valence electrons. The van der Waals surface area contributed by atoms with Crippen LogP contribution in [0.15, 0.2) is 48.7 Å². The highest BCUT2D eigenvalue weighted by Gasteiger charge is 2.17. The standard InChI is InChI=1S/C19H17ClN2O5/c1-12(18(24)22-15-4-3-11-21-17(15)20)27-16(23)10-7-13-5-8-14(9-6-13)19(25)26-2/h3-12H,1-2H3,(H,22,24)/b10-7+/t12-/m1/s1. The number of aromatic nitrogens is 1. The Hall–Kier alpha value is -3.19. The molecule has 0 saturated carbocycles. The predicted molar refractivity (Wildman–Crippen MR) is 100 cm³/mol. The van der Waals surface area contributed by atoms with Gasteiger partial charge in [-0.25, -0.2) is 14.6 Å². The summed E-state index contributed by atoms with van der Waals surface area (Å²) >= 11 is 5.86. The summed E-state index contributed by atoms with van der Waals surface area (Å²) in [5.41, 5.74) is 1.41. The molecule has 7 nitrogen and oxygen atoms in total. The minimum atomic E-state index is -1.03. The summed E-state index contributed by atoms with van der Waals surface area (Å²) in [4.78, 5) is 39.1. The van der Waals surface area contributed by atoms with Crippen molar-refractivity contribution in [3.63, 3.8) is 0 Å². The van der Waals surface area contributed by atoms with E-state index >= 15 is 0 Å². The average molecular weight is 389 g/mol. The lowest BCUT2D eigenvalue weighted by Crippen LogP contribution is -2.29. The van der Waals surface area contributed by atoms with Crippen molar-refractivity contribution in [2.24, 2.45) is 0 Å². The van der Waals surface area contributed by atoms with Crippen molar-refractivity contribution < 1.29 is 23.9 Å². The van der Waals surface area contributed by atoms with E-state index in [1.807, 2.05) is 0 Å². The maximum absolute atomic E-state index is 12.1. The molecule has 0 aliphatic carbocycles. The summed E-state index contributed by atoms with van der Waals surface area (Å²) in [5.74, 6) is -1.67. The van der Waals surface area contributed by atoms with Gasteiger partial charge >= 0.3 is 11.9 Å². The van der Waals surface area contributed by atoms with Crippen LogP contribution >= 0.6 is 11.6 Å². The van der Waals surface area contributed by atoms with Crippen LogP contribution in [0.25, 0.3) is 6.08 Å². The zero-order valence-electron chi connectivity index (χ0n) is 14.6. The molecular weight excluding hydrogens is 372 g/mol. The van der Waals surface area contributed by atoms with Gasteiger partial charge in [0.05, 0.1) is 18.4 Å². The molecule has 1 heterocycles. The maximum Gasteiger partial charge on any atom is 0.337 e. The smallest absolute Gasteiger partial charge is 0.337 e. The number of carbonyl (C=O) groups excluding carboxylic acids is 3. The van der Waals surface area contributed by atoms with Gasteiger partial charge in [-0.15, -0.1) is 0 Å². The Morgan fingerprint density at radius 1 is 1.19 bits per heavy atom. The lowest BCUT2D eigenvalue weighted by atomic mass is 10.1. The van der Waals surface area contributed by atoms with Crippen molar-refractivity contribution in [2.45, 2.75) is 13.0 Å². The zero-order chi connectivity index (χ0) is 19.8. The zero-order valence-corrected chi connectivity index (χ0v) is 15.4. The number of nitrogens with one attached hydrogen (secondary N) is 1. The van der Waals surface area contributed by atoms with E-state index < -0.39 is 23.9 Å². The van der Waals surface area contributed by atoms with E-state index in [0.29, 0.717) is 16.8 Å². The van der Waals surface area contributed by atoms with Crippen LogP contribution in [0.4, 0.5) is 5.69 Å². The normalized spacial score (nSPS) is 11.7. The Bertz CT molecular complexity index is 865. The molecule has 1 amide bonds. The van der Waals surface area contributed by atoms with Crippen molar-refractivity contribution in [2.75, 3.05) is 12.4 Å². The topological polar surface area (TPSA) is 94.6 Å². The van der Waals surface area contributed by atoms with Gasteiger partial charge in [0.1, 0.15) is 0 Å². The fourth-order valence-electron chi connectivity index (χ4n) is 1.99. The number of hydrogen-bond acceptors (Lipinski definition) is 6. The van der Waals surface area contributed by atoms with Crippen molar-refractivity contribution >= 4 is 41.2 Å². The Morgan fingerprint density at radius 2 is 1.89 bits per heavy atom. The number of methoxy groups -OCH3 is 1. The highest BCUT2D eigenvalue weighted by Crippen LogP contribution is 2.17. The van der Waals surface area contributed by atoms with E-state index in [4.69, 9.17) is 16.3 Å². The number of nitrogens with zero attached hydrogens (tertiary/aromatic N) is 1. The number of hydrogen-bond donors (Lipinski definition) is 1. The molecule has 0 spiro atoms. The Labute approximate surface area is 161 Å². The summed E-state index contributed by atoms with van der Waals surface area (Å²) in [5, 5.41) is 2.67. The summed E-state index contributed by atoms with van der Waals surface area (Å²) < 4.78 is 9.66. The van der Waals surface area contributed by atoms with E-state index in [-0.39, 0.29) is 5.15 Å². The van der Waals surface area contributed by atoms with Crippen LogP contribution in [-0.2, 0) is 19.1 Å². The Kier molecular flexibility index (Phi) is 7.08. The minimum absolute atomic E-state index is 0.139.